The molecule has 2 N–H and O–H groups in total. The summed E-state index contributed by atoms with van der Waals surface area (Å²) in [5, 5.41) is 0. The van der Waals surface area contributed by atoms with Gasteiger partial charge >= 0.3 is 5.97 Å². The molecule has 0 aliphatic rings. The molecule has 0 saturated carbocycles. The van der Waals surface area contributed by atoms with E-state index < -0.39 is 6.04 Å². The van der Waals surface area contributed by atoms with Crippen LogP contribution >= 0.6 is 0 Å². The second kappa shape index (κ2) is 9.24. The lowest BCUT2D eigenvalue weighted by molar-refractivity contribution is -0.144. The summed E-state index contributed by atoms with van der Waals surface area (Å²) in [6.07, 6.45) is 4.05. The number of unbranched alkanes of at least 4 members (excludes halogenated alkanes) is 1. The normalized spacial score (nSPS) is 12.0. The molecule has 2 rings (SSSR count). The molecular formula is C21H27NO2. The zero-order valence-corrected chi connectivity index (χ0v) is 14.6. The Morgan fingerprint density at radius 1 is 1.04 bits per heavy atom. The van der Waals surface area contributed by atoms with Crippen molar-refractivity contribution in [2.75, 3.05) is 6.61 Å². The molecule has 3 nitrogen and oxygen atoms in total. The van der Waals surface area contributed by atoms with Crippen molar-refractivity contribution in [2.24, 2.45) is 5.73 Å². The van der Waals surface area contributed by atoms with Gasteiger partial charge in [0, 0.05) is 0 Å². The van der Waals surface area contributed by atoms with E-state index in [0.717, 1.165) is 17.5 Å². The van der Waals surface area contributed by atoms with Crippen LogP contribution in [0.25, 0.3) is 11.1 Å². The van der Waals surface area contributed by atoms with E-state index in [9.17, 15) is 4.79 Å². The number of nitrogens with two attached hydrogens (primary N) is 1. The Morgan fingerprint density at radius 2 is 1.79 bits per heavy atom. The standard InChI is InChI=1S/C21H27NO2/c1-3-5-7-16-10-12-18(13-11-16)19-9-6-8-17(14-19)15-20(22)21(23)24-4-2/h6,8-14,20H,3-5,7,15,22H2,1-2H3. The second-order valence-electron chi connectivity index (χ2n) is 6.06. The van der Waals surface area contributed by atoms with E-state index in [0.29, 0.717) is 13.0 Å². The minimum absolute atomic E-state index is 0.344. The second-order valence-corrected chi connectivity index (χ2v) is 6.06. The smallest absolute Gasteiger partial charge is 0.323 e. The maximum atomic E-state index is 11.7. The van der Waals surface area contributed by atoms with Crippen LogP contribution in [0, 0.1) is 0 Å². The van der Waals surface area contributed by atoms with Gasteiger partial charge in [-0.1, -0.05) is 61.9 Å². The maximum absolute atomic E-state index is 11.7. The first-order valence-corrected chi connectivity index (χ1v) is 8.74. The molecule has 0 amide bonds. The Labute approximate surface area is 144 Å². The van der Waals surface area contributed by atoms with Crippen molar-refractivity contribution in [3.63, 3.8) is 0 Å². The van der Waals surface area contributed by atoms with Crippen molar-refractivity contribution >= 4 is 5.97 Å². The molecule has 128 valence electrons. The molecule has 0 aliphatic heterocycles. The summed E-state index contributed by atoms with van der Waals surface area (Å²) in [6.45, 7) is 4.35. The molecular weight excluding hydrogens is 298 g/mol. The van der Waals surface area contributed by atoms with Crippen molar-refractivity contribution in [1.29, 1.82) is 0 Å². The average Bonchev–Trinajstić information content (AvgIpc) is 2.61. The van der Waals surface area contributed by atoms with Crippen LogP contribution in [0.2, 0.25) is 0 Å². The van der Waals surface area contributed by atoms with E-state index in [4.69, 9.17) is 10.5 Å². The number of aryl methyl sites for hydroxylation is 1. The monoisotopic (exact) mass is 325 g/mol. The summed E-state index contributed by atoms with van der Waals surface area (Å²) in [4.78, 5) is 11.7. The molecule has 3 heteroatoms. The highest BCUT2D eigenvalue weighted by molar-refractivity contribution is 5.76. The fourth-order valence-corrected chi connectivity index (χ4v) is 2.71. The first kappa shape index (κ1) is 18.2. The SMILES string of the molecule is CCCCc1ccc(-c2cccc(CC(N)C(=O)OCC)c2)cc1. The molecule has 0 aliphatic carbocycles. The van der Waals surface area contributed by atoms with E-state index in [1.165, 1.54) is 24.0 Å². The fraction of sp³-hybridized carbons (Fsp3) is 0.381. The van der Waals surface area contributed by atoms with Crippen LogP contribution in [-0.4, -0.2) is 18.6 Å². The summed E-state index contributed by atoms with van der Waals surface area (Å²) in [5.41, 5.74) is 10.7. The first-order valence-electron chi connectivity index (χ1n) is 8.74. The number of carbonyl (C=O) groups excluding carboxylic acids is 1. The molecule has 2 aromatic carbocycles. The zero-order valence-electron chi connectivity index (χ0n) is 14.6. The molecule has 2 aromatic rings. The van der Waals surface area contributed by atoms with Gasteiger partial charge in [0.15, 0.2) is 0 Å². The summed E-state index contributed by atoms with van der Waals surface area (Å²) >= 11 is 0. The van der Waals surface area contributed by atoms with Gasteiger partial charge in [0.1, 0.15) is 6.04 Å². The predicted molar refractivity (Wildman–Crippen MR) is 98.8 cm³/mol. The highest BCUT2D eigenvalue weighted by atomic mass is 16.5. The minimum Gasteiger partial charge on any atom is -0.465 e. The number of hydrogen-bond acceptors (Lipinski definition) is 3. The van der Waals surface area contributed by atoms with E-state index in [1.807, 2.05) is 12.1 Å². The molecule has 0 saturated heterocycles. The highest BCUT2D eigenvalue weighted by Gasteiger charge is 2.15. The summed E-state index contributed by atoms with van der Waals surface area (Å²) in [5.74, 6) is -0.344. The van der Waals surface area contributed by atoms with Crippen molar-refractivity contribution in [3.8, 4) is 11.1 Å². The van der Waals surface area contributed by atoms with Gasteiger partial charge in [-0.3, -0.25) is 4.79 Å². The molecule has 0 aromatic heterocycles. The molecule has 24 heavy (non-hydrogen) atoms. The number of esters is 1. The van der Waals surface area contributed by atoms with Crippen LogP contribution in [0.1, 0.15) is 37.8 Å². The van der Waals surface area contributed by atoms with Crippen molar-refractivity contribution in [1.82, 2.24) is 0 Å². The lowest BCUT2D eigenvalue weighted by Crippen LogP contribution is -2.34. The number of benzene rings is 2. The number of ether oxygens (including phenoxy) is 1. The van der Waals surface area contributed by atoms with E-state index in [2.05, 4.69) is 43.3 Å². The Morgan fingerprint density at radius 3 is 2.46 bits per heavy atom. The van der Waals surface area contributed by atoms with Gasteiger partial charge in [-0.25, -0.2) is 0 Å². The Hall–Kier alpha value is -2.13. The lowest BCUT2D eigenvalue weighted by Gasteiger charge is -2.12. The Kier molecular flexibility index (Phi) is 7.01. The largest absolute Gasteiger partial charge is 0.465 e. The highest BCUT2D eigenvalue weighted by Crippen LogP contribution is 2.22. The molecule has 0 fully saturated rings. The maximum Gasteiger partial charge on any atom is 0.323 e. The third-order valence-corrected chi connectivity index (χ3v) is 4.08. The van der Waals surface area contributed by atoms with E-state index in [-0.39, 0.29) is 5.97 Å². The molecule has 0 bridgehead atoms. The first-order chi connectivity index (χ1) is 11.6. The van der Waals surface area contributed by atoms with Crippen LogP contribution in [-0.2, 0) is 22.4 Å². The number of carbonyl (C=O) groups is 1. The van der Waals surface area contributed by atoms with E-state index in [1.54, 1.807) is 6.92 Å². The Balaban J connectivity index is 2.08. The summed E-state index contributed by atoms with van der Waals surface area (Å²) in [6, 6.07) is 16.3. The topological polar surface area (TPSA) is 52.3 Å². The van der Waals surface area contributed by atoms with Gasteiger partial charge in [0.2, 0.25) is 0 Å². The van der Waals surface area contributed by atoms with Crippen LogP contribution in [0.3, 0.4) is 0 Å². The van der Waals surface area contributed by atoms with Crippen molar-refractivity contribution in [2.45, 2.75) is 45.6 Å². The van der Waals surface area contributed by atoms with Crippen molar-refractivity contribution in [3.05, 3.63) is 59.7 Å². The minimum atomic E-state index is -0.614. The molecule has 0 radical (unpaired) electrons. The lowest BCUT2D eigenvalue weighted by atomic mass is 9.98. The molecule has 1 atom stereocenters. The van der Waals surface area contributed by atoms with Crippen molar-refractivity contribution < 1.29 is 9.53 Å². The summed E-state index contributed by atoms with van der Waals surface area (Å²) in [7, 11) is 0. The van der Waals surface area contributed by atoms with Crippen LogP contribution < -0.4 is 5.73 Å². The predicted octanol–water partition coefficient (Wildman–Crippen LogP) is 4.13. The van der Waals surface area contributed by atoms with Gasteiger partial charge < -0.3 is 10.5 Å². The average molecular weight is 325 g/mol. The van der Waals surface area contributed by atoms with Gasteiger partial charge in [0.05, 0.1) is 6.61 Å². The molecule has 0 spiro atoms. The number of hydrogen-bond donors (Lipinski definition) is 1. The third-order valence-electron chi connectivity index (χ3n) is 4.08. The summed E-state index contributed by atoms with van der Waals surface area (Å²) < 4.78 is 4.97. The molecule has 1 unspecified atom stereocenters. The van der Waals surface area contributed by atoms with Gasteiger partial charge in [0.25, 0.3) is 0 Å². The molecule has 0 heterocycles. The van der Waals surface area contributed by atoms with Crippen LogP contribution in [0.15, 0.2) is 48.5 Å². The fourth-order valence-electron chi connectivity index (χ4n) is 2.71. The number of rotatable bonds is 8. The van der Waals surface area contributed by atoms with Crippen LogP contribution in [0.4, 0.5) is 0 Å². The Bertz CT molecular complexity index is 649. The van der Waals surface area contributed by atoms with Gasteiger partial charge in [-0.05, 0) is 48.4 Å². The zero-order chi connectivity index (χ0) is 17.4. The van der Waals surface area contributed by atoms with Gasteiger partial charge in [-0.15, -0.1) is 0 Å². The third kappa shape index (κ3) is 5.20. The quantitative estimate of drug-likeness (QED) is 0.743. The van der Waals surface area contributed by atoms with E-state index >= 15 is 0 Å². The van der Waals surface area contributed by atoms with Crippen LogP contribution in [0.5, 0.6) is 0 Å². The van der Waals surface area contributed by atoms with Gasteiger partial charge in [-0.2, -0.15) is 0 Å².